The van der Waals surface area contributed by atoms with E-state index >= 15 is 0 Å². The van der Waals surface area contributed by atoms with Gasteiger partial charge in [-0.25, -0.2) is 0 Å². The first-order valence-electron chi connectivity index (χ1n) is 7.88. The molecule has 1 aromatic carbocycles. The maximum atomic E-state index is 12.6. The monoisotopic (exact) mass is 340 g/mol. The van der Waals surface area contributed by atoms with Gasteiger partial charge in [-0.2, -0.15) is 0 Å². The van der Waals surface area contributed by atoms with Gasteiger partial charge in [0, 0.05) is 16.9 Å². The lowest BCUT2D eigenvalue weighted by molar-refractivity contribution is -0.122. The van der Waals surface area contributed by atoms with Crippen LogP contribution >= 0.6 is 24.2 Å². The highest BCUT2D eigenvalue weighted by Gasteiger charge is 2.40. The predicted octanol–water partition coefficient (Wildman–Crippen LogP) is 3.92. The molecule has 1 aromatic rings. The van der Waals surface area contributed by atoms with Crippen molar-refractivity contribution in [2.45, 2.75) is 43.0 Å². The molecule has 2 aliphatic rings. The van der Waals surface area contributed by atoms with Crippen LogP contribution in [-0.2, 0) is 4.79 Å². The van der Waals surface area contributed by atoms with Crippen molar-refractivity contribution in [2.75, 3.05) is 11.6 Å². The second-order valence-electron chi connectivity index (χ2n) is 6.39. The number of nitrogens with two attached hydrogens (primary N) is 1. The molecule has 2 bridgehead atoms. The van der Waals surface area contributed by atoms with E-state index in [0.717, 1.165) is 23.4 Å². The third-order valence-electron chi connectivity index (χ3n) is 5.15. The molecule has 0 saturated heterocycles. The molecule has 0 spiro atoms. The Morgan fingerprint density at radius 2 is 1.86 bits per heavy atom. The number of carbonyl (C=O) groups excluding carboxylic acids is 1. The van der Waals surface area contributed by atoms with E-state index < -0.39 is 0 Å². The Balaban J connectivity index is 0.00000176. The van der Waals surface area contributed by atoms with E-state index in [0.29, 0.717) is 17.9 Å². The third kappa shape index (κ3) is 3.61. The topological polar surface area (TPSA) is 55.1 Å². The van der Waals surface area contributed by atoms with Gasteiger partial charge in [-0.05, 0) is 55.9 Å². The fourth-order valence-electron chi connectivity index (χ4n) is 3.99. The van der Waals surface area contributed by atoms with E-state index in [1.807, 2.05) is 30.5 Å². The summed E-state index contributed by atoms with van der Waals surface area (Å²) in [6.45, 7) is 0. The average Bonchev–Trinajstić information content (AvgIpc) is 2.47. The van der Waals surface area contributed by atoms with E-state index in [2.05, 4.69) is 5.32 Å². The number of anilines is 1. The molecule has 0 radical (unpaired) electrons. The van der Waals surface area contributed by atoms with Crippen LogP contribution < -0.4 is 11.1 Å². The molecule has 22 heavy (non-hydrogen) atoms. The molecule has 0 aliphatic heterocycles. The van der Waals surface area contributed by atoms with Crippen LogP contribution in [0.5, 0.6) is 0 Å². The standard InChI is InChI=1S/C17H24N2OS.ClH/c1-21-15-8-3-2-7-14(15)19-17(20)13-9-11-5-4-6-12(10-13)16(11)18;/h2-3,7-8,11-13,16H,4-6,9-10,18H2,1H3,(H,19,20);1H. The molecular weight excluding hydrogens is 316 g/mol. The summed E-state index contributed by atoms with van der Waals surface area (Å²) in [5.74, 6) is 1.41. The van der Waals surface area contributed by atoms with Crippen LogP contribution in [0.2, 0.25) is 0 Å². The number of nitrogens with one attached hydrogen (secondary N) is 1. The van der Waals surface area contributed by atoms with Gasteiger partial charge in [0.1, 0.15) is 0 Å². The molecule has 2 saturated carbocycles. The van der Waals surface area contributed by atoms with Crippen LogP contribution in [0.1, 0.15) is 32.1 Å². The summed E-state index contributed by atoms with van der Waals surface area (Å²) in [5.41, 5.74) is 7.25. The smallest absolute Gasteiger partial charge is 0.227 e. The molecular formula is C17H25ClN2OS. The minimum Gasteiger partial charge on any atom is -0.327 e. The molecule has 1 amide bonds. The molecule has 2 unspecified atom stereocenters. The van der Waals surface area contributed by atoms with Crippen LogP contribution in [0.4, 0.5) is 5.69 Å². The van der Waals surface area contributed by atoms with Gasteiger partial charge in [-0.3, -0.25) is 4.79 Å². The molecule has 3 nitrogen and oxygen atoms in total. The van der Waals surface area contributed by atoms with Crippen molar-refractivity contribution in [3.8, 4) is 0 Å². The SMILES string of the molecule is CSc1ccccc1NC(=O)C1CC2CCCC(C1)C2N.Cl. The molecule has 2 atom stereocenters. The fourth-order valence-corrected chi connectivity index (χ4v) is 4.54. The molecule has 3 N–H and O–H groups in total. The average molecular weight is 341 g/mol. The molecule has 5 heteroatoms. The van der Waals surface area contributed by atoms with E-state index in [1.165, 1.54) is 19.3 Å². The van der Waals surface area contributed by atoms with Gasteiger partial charge in [0.25, 0.3) is 0 Å². The summed E-state index contributed by atoms with van der Waals surface area (Å²) in [4.78, 5) is 13.7. The van der Waals surface area contributed by atoms with Gasteiger partial charge in [-0.15, -0.1) is 24.2 Å². The lowest BCUT2D eigenvalue weighted by atomic mass is 9.65. The number of hydrogen-bond acceptors (Lipinski definition) is 3. The highest BCUT2D eigenvalue weighted by Crippen LogP contribution is 2.42. The predicted molar refractivity (Wildman–Crippen MR) is 95.6 cm³/mol. The van der Waals surface area contributed by atoms with Gasteiger partial charge >= 0.3 is 0 Å². The van der Waals surface area contributed by atoms with E-state index in [-0.39, 0.29) is 24.2 Å². The molecule has 0 heterocycles. The van der Waals surface area contributed by atoms with Crippen LogP contribution in [0.3, 0.4) is 0 Å². The molecule has 2 fully saturated rings. The third-order valence-corrected chi connectivity index (χ3v) is 5.94. The molecule has 122 valence electrons. The Kier molecular flexibility index (Phi) is 6.18. The Morgan fingerprint density at radius 3 is 2.50 bits per heavy atom. The minimum atomic E-state index is 0. The second kappa shape index (κ2) is 7.71. The van der Waals surface area contributed by atoms with Crippen LogP contribution in [0.25, 0.3) is 0 Å². The lowest BCUT2D eigenvalue weighted by Crippen LogP contribution is -2.48. The summed E-state index contributed by atoms with van der Waals surface area (Å²) >= 11 is 1.67. The zero-order valence-corrected chi connectivity index (χ0v) is 14.6. The van der Waals surface area contributed by atoms with Crippen molar-refractivity contribution >= 4 is 35.8 Å². The Morgan fingerprint density at radius 1 is 1.23 bits per heavy atom. The molecule has 3 rings (SSSR count). The van der Waals surface area contributed by atoms with Gasteiger partial charge < -0.3 is 11.1 Å². The highest BCUT2D eigenvalue weighted by atomic mass is 35.5. The maximum Gasteiger partial charge on any atom is 0.227 e. The van der Waals surface area contributed by atoms with E-state index in [1.54, 1.807) is 11.8 Å². The van der Waals surface area contributed by atoms with Crippen LogP contribution in [-0.4, -0.2) is 18.2 Å². The van der Waals surface area contributed by atoms with Crippen molar-refractivity contribution in [1.29, 1.82) is 0 Å². The normalized spacial score (nSPS) is 30.3. The number of amides is 1. The van der Waals surface area contributed by atoms with E-state index in [4.69, 9.17) is 5.73 Å². The van der Waals surface area contributed by atoms with E-state index in [9.17, 15) is 4.79 Å². The van der Waals surface area contributed by atoms with Gasteiger partial charge in [0.2, 0.25) is 5.91 Å². The van der Waals surface area contributed by atoms with Crippen molar-refractivity contribution in [3.05, 3.63) is 24.3 Å². The summed E-state index contributed by atoms with van der Waals surface area (Å²) in [5, 5.41) is 3.13. The second-order valence-corrected chi connectivity index (χ2v) is 7.23. The first-order chi connectivity index (χ1) is 10.2. The largest absolute Gasteiger partial charge is 0.327 e. The first-order valence-corrected chi connectivity index (χ1v) is 9.11. The Bertz CT molecular complexity index is 511. The van der Waals surface area contributed by atoms with Gasteiger partial charge in [0.05, 0.1) is 5.69 Å². The Hall–Kier alpha value is -0.710. The van der Waals surface area contributed by atoms with Crippen molar-refractivity contribution in [3.63, 3.8) is 0 Å². The molecule has 2 aliphatic carbocycles. The fraction of sp³-hybridized carbons (Fsp3) is 0.588. The first kappa shape index (κ1) is 17.6. The molecule has 0 aromatic heterocycles. The minimum absolute atomic E-state index is 0. The number of benzene rings is 1. The van der Waals surface area contributed by atoms with Gasteiger partial charge in [0.15, 0.2) is 0 Å². The number of para-hydroxylation sites is 1. The summed E-state index contributed by atoms with van der Waals surface area (Å²) in [6, 6.07) is 8.33. The quantitative estimate of drug-likeness (QED) is 0.820. The number of rotatable bonds is 3. The summed E-state index contributed by atoms with van der Waals surface area (Å²) in [7, 11) is 0. The number of halogens is 1. The Labute approximate surface area is 143 Å². The zero-order valence-electron chi connectivity index (χ0n) is 13.0. The maximum absolute atomic E-state index is 12.6. The van der Waals surface area contributed by atoms with Crippen molar-refractivity contribution < 1.29 is 4.79 Å². The summed E-state index contributed by atoms with van der Waals surface area (Å²) < 4.78 is 0. The highest BCUT2D eigenvalue weighted by molar-refractivity contribution is 7.98. The van der Waals surface area contributed by atoms with Crippen LogP contribution in [0.15, 0.2) is 29.2 Å². The summed E-state index contributed by atoms with van der Waals surface area (Å²) in [6.07, 6.45) is 7.64. The van der Waals surface area contributed by atoms with Crippen molar-refractivity contribution in [1.82, 2.24) is 0 Å². The number of hydrogen-bond donors (Lipinski definition) is 2. The number of thioether (sulfide) groups is 1. The van der Waals surface area contributed by atoms with Crippen molar-refractivity contribution in [2.24, 2.45) is 23.5 Å². The zero-order chi connectivity index (χ0) is 14.8. The lowest BCUT2D eigenvalue weighted by Gasteiger charge is -2.43. The van der Waals surface area contributed by atoms with Gasteiger partial charge in [-0.1, -0.05) is 18.6 Å². The number of carbonyl (C=O) groups is 1. The van der Waals surface area contributed by atoms with Crippen LogP contribution in [0, 0.1) is 17.8 Å². The number of fused-ring (bicyclic) bond motifs is 2.